The third-order valence-electron chi connectivity index (χ3n) is 11.1. The van der Waals surface area contributed by atoms with Gasteiger partial charge in [-0.15, -0.1) is 0 Å². The Kier molecular flexibility index (Phi) is 19.9. The van der Waals surface area contributed by atoms with E-state index in [0.29, 0.717) is 36.9 Å². The molecule has 0 fully saturated rings. The van der Waals surface area contributed by atoms with Crippen molar-refractivity contribution in [2.24, 2.45) is 11.7 Å². The molecule has 0 saturated heterocycles. The van der Waals surface area contributed by atoms with E-state index in [-0.39, 0.29) is 69.3 Å². The predicted molar refractivity (Wildman–Crippen MR) is 252 cm³/mol. The largest absolute Gasteiger partial charge is 0.445 e. The first-order valence-corrected chi connectivity index (χ1v) is 22.4. The number of unbranched alkanes of at least 4 members (excludes halogenated alkanes) is 2. The summed E-state index contributed by atoms with van der Waals surface area (Å²) in [7, 11) is 3.15. The van der Waals surface area contributed by atoms with Gasteiger partial charge in [-0.1, -0.05) is 87.0 Å². The standard InChI is InChI=1S/C49H64N8O10/c1-33(2)43(54-40(58)17-11-8-12-29-57-41(59)26-27-42(57)60)45(62)53-39(16-13-28-51-46(50)63)44(61)52-38-24-18-34(19-25-38)32-66-47(64)55(5)30-31-56(6)48(65)67-49(3,4)37-22-20-36(21-23-37)35-14-9-7-10-15-35/h7,9-10,14-15,18-27,33,39,43H,8,11-13,16-17,28-32H2,1-6H3,(H,52,61)(H,53,62)(H,54,58)(H3,50,51,63)/t39-,43-/m0/s1. The number of hydrogen-bond donors (Lipinski definition) is 5. The van der Waals surface area contributed by atoms with E-state index in [2.05, 4.69) is 21.3 Å². The fourth-order valence-corrected chi connectivity index (χ4v) is 6.91. The van der Waals surface area contributed by atoms with Crippen molar-refractivity contribution < 1.29 is 47.8 Å². The molecule has 0 unspecified atom stereocenters. The Hall–Kier alpha value is -7.24. The van der Waals surface area contributed by atoms with Crippen molar-refractivity contribution in [2.75, 3.05) is 45.6 Å². The molecule has 1 aliphatic rings. The molecule has 0 spiro atoms. The number of hydrogen-bond acceptors (Lipinski definition) is 10. The Morgan fingerprint density at radius 2 is 1.34 bits per heavy atom. The molecule has 0 bridgehead atoms. The maximum absolute atomic E-state index is 13.6. The molecule has 0 aliphatic carbocycles. The van der Waals surface area contributed by atoms with E-state index in [4.69, 9.17) is 15.2 Å². The maximum Gasteiger partial charge on any atom is 0.410 e. The van der Waals surface area contributed by atoms with E-state index in [1.165, 1.54) is 22.0 Å². The zero-order chi connectivity index (χ0) is 49.1. The number of nitrogens with zero attached hydrogens (tertiary/aromatic N) is 3. The number of nitrogens with two attached hydrogens (primary N) is 1. The van der Waals surface area contributed by atoms with Gasteiger partial charge < -0.3 is 46.3 Å². The lowest BCUT2D eigenvalue weighted by Crippen LogP contribution is -2.54. The van der Waals surface area contributed by atoms with Crippen LogP contribution in [-0.2, 0) is 45.7 Å². The summed E-state index contributed by atoms with van der Waals surface area (Å²) in [6.45, 7) is 7.87. The number of nitrogens with one attached hydrogen (secondary N) is 4. The average molecular weight is 925 g/mol. The Morgan fingerprint density at radius 3 is 1.96 bits per heavy atom. The van der Waals surface area contributed by atoms with E-state index in [1.54, 1.807) is 52.2 Å². The summed E-state index contributed by atoms with van der Waals surface area (Å²) in [5.74, 6) is -2.51. The van der Waals surface area contributed by atoms with Crippen LogP contribution < -0.4 is 27.0 Å². The number of ether oxygens (including phenoxy) is 2. The van der Waals surface area contributed by atoms with Crippen LogP contribution in [0.15, 0.2) is 91.0 Å². The molecule has 6 N–H and O–H groups in total. The molecule has 4 rings (SSSR count). The van der Waals surface area contributed by atoms with Gasteiger partial charge in [-0.25, -0.2) is 14.4 Å². The molecular weight excluding hydrogens is 861 g/mol. The SMILES string of the molecule is CC(C)[C@H](NC(=O)CCCCCN1C(=O)C=CC1=O)C(=O)N[C@@H](CCCNC(N)=O)C(=O)Nc1ccc(COC(=O)N(C)CCN(C)C(=O)OC(C)(C)c2ccc(-c3ccccc3)cc2)cc1. The molecule has 3 aromatic carbocycles. The summed E-state index contributed by atoms with van der Waals surface area (Å²) in [5, 5.41) is 10.8. The summed E-state index contributed by atoms with van der Waals surface area (Å²) in [6, 6.07) is 21.7. The van der Waals surface area contributed by atoms with Gasteiger partial charge in [0.15, 0.2) is 0 Å². The van der Waals surface area contributed by atoms with E-state index in [0.717, 1.165) is 21.6 Å². The van der Waals surface area contributed by atoms with Crippen LogP contribution in [0.25, 0.3) is 11.1 Å². The number of amides is 9. The average Bonchev–Trinajstić information content (AvgIpc) is 3.62. The predicted octanol–water partition coefficient (Wildman–Crippen LogP) is 5.42. The van der Waals surface area contributed by atoms with Crippen LogP contribution in [0.1, 0.15) is 77.3 Å². The number of anilines is 1. The van der Waals surface area contributed by atoms with Gasteiger partial charge in [0.25, 0.3) is 11.8 Å². The molecule has 0 saturated carbocycles. The molecule has 67 heavy (non-hydrogen) atoms. The van der Waals surface area contributed by atoms with Gasteiger partial charge in [0.1, 0.15) is 24.3 Å². The minimum atomic E-state index is -1.05. The van der Waals surface area contributed by atoms with E-state index < -0.39 is 47.7 Å². The molecular formula is C49H64N8O10. The van der Waals surface area contributed by atoms with Crippen molar-refractivity contribution in [3.05, 3.63) is 102 Å². The van der Waals surface area contributed by atoms with Crippen molar-refractivity contribution in [3.8, 4) is 11.1 Å². The second-order valence-electron chi connectivity index (χ2n) is 17.2. The summed E-state index contributed by atoms with van der Waals surface area (Å²) in [6.07, 6.45) is 3.43. The lowest BCUT2D eigenvalue weighted by Gasteiger charge is -2.29. The molecule has 0 aromatic heterocycles. The fraction of sp³-hybridized carbons (Fsp3) is 0.429. The van der Waals surface area contributed by atoms with Gasteiger partial charge in [-0.2, -0.15) is 0 Å². The van der Waals surface area contributed by atoms with Crippen LogP contribution in [0.4, 0.5) is 20.1 Å². The van der Waals surface area contributed by atoms with Gasteiger partial charge >= 0.3 is 18.2 Å². The summed E-state index contributed by atoms with van der Waals surface area (Å²) in [5.41, 5.74) is 8.28. The van der Waals surface area contributed by atoms with Gasteiger partial charge in [0.2, 0.25) is 17.7 Å². The zero-order valence-corrected chi connectivity index (χ0v) is 39.2. The first kappa shape index (κ1) is 52.4. The van der Waals surface area contributed by atoms with Gasteiger partial charge in [-0.05, 0) is 79.8 Å². The molecule has 1 heterocycles. The first-order chi connectivity index (χ1) is 31.8. The molecule has 3 aromatic rings. The number of carbonyl (C=O) groups excluding carboxylic acids is 8. The third kappa shape index (κ3) is 16.9. The van der Waals surface area contributed by atoms with Gasteiger partial charge in [0, 0.05) is 64.5 Å². The highest BCUT2D eigenvalue weighted by atomic mass is 16.6. The van der Waals surface area contributed by atoms with E-state index >= 15 is 0 Å². The third-order valence-corrected chi connectivity index (χ3v) is 11.1. The maximum atomic E-state index is 13.6. The molecule has 0 radical (unpaired) electrons. The molecule has 1 aliphatic heterocycles. The van der Waals surface area contributed by atoms with E-state index in [1.807, 2.05) is 68.4 Å². The highest BCUT2D eigenvalue weighted by molar-refractivity contribution is 6.12. The van der Waals surface area contributed by atoms with Crippen LogP contribution in [0.5, 0.6) is 0 Å². The Balaban J connectivity index is 1.22. The van der Waals surface area contributed by atoms with Gasteiger partial charge in [-0.3, -0.25) is 28.9 Å². The summed E-state index contributed by atoms with van der Waals surface area (Å²) >= 11 is 0. The molecule has 2 atom stereocenters. The number of imide groups is 1. The zero-order valence-electron chi connectivity index (χ0n) is 39.2. The van der Waals surface area contributed by atoms with Crippen LogP contribution in [0.2, 0.25) is 0 Å². The Labute approximate surface area is 392 Å². The number of carbonyl (C=O) groups is 8. The number of primary amides is 1. The van der Waals surface area contributed by atoms with Crippen LogP contribution in [0, 0.1) is 5.92 Å². The fourth-order valence-electron chi connectivity index (χ4n) is 6.91. The van der Waals surface area contributed by atoms with Crippen molar-refractivity contribution in [1.29, 1.82) is 0 Å². The van der Waals surface area contributed by atoms with Crippen LogP contribution >= 0.6 is 0 Å². The second-order valence-corrected chi connectivity index (χ2v) is 17.2. The first-order valence-electron chi connectivity index (χ1n) is 22.4. The Bertz CT molecular complexity index is 2200. The topological polar surface area (TPSA) is 239 Å². The number of rotatable bonds is 24. The number of benzene rings is 3. The van der Waals surface area contributed by atoms with Crippen molar-refractivity contribution in [3.63, 3.8) is 0 Å². The lowest BCUT2D eigenvalue weighted by molar-refractivity contribution is -0.137. The monoisotopic (exact) mass is 924 g/mol. The molecule has 360 valence electrons. The minimum Gasteiger partial charge on any atom is -0.445 e. The molecule has 18 heteroatoms. The smallest absolute Gasteiger partial charge is 0.410 e. The quantitative estimate of drug-likeness (QED) is 0.0565. The lowest BCUT2D eigenvalue weighted by atomic mass is 9.95. The second kappa shape index (κ2) is 25.5. The van der Waals surface area contributed by atoms with E-state index in [9.17, 15) is 38.4 Å². The van der Waals surface area contributed by atoms with Crippen molar-refractivity contribution >= 4 is 53.4 Å². The molecule has 9 amide bonds. The normalized spacial score (nSPS) is 13.1. The van der Waals surface area contributed by atoms with Crippen LogP contribution in [-0.4, -0.2) is 115 Å². The highest BCUT2D eigenvalue weighted by Crippen LogP contribution is 2.28. The summed E-state index contributed by atoms with van der Waals surface area (Å²) in [4.78, 5) is 104. The summed E-state index contributed by atoms with van der Waals surface area (Å²) < 4.78 is 11.3. The minimum absolute atomic E-state index is 0.0707. The highest BCUT2D eigenvalue weighted by Gasteiger charge is 2.30. The number of urea groups is 1. The number of likely N-dealkylation sites (N-methyl/N-ethyl adjacent to an activating group) is 2. The molecule has 18 nitrogen and oxygen atoms in total. The van der Waals surface area contributed by atoms with Crippen LogP contribution in [0.3, 0.4) is 0 Å². The van der Waals surface area contributed by atoms with Gasteiger partial charge in [0.05, 0.1) is 0 Å². The van der Waals surface area contributed by atoms with Crippen molar-refractivity contribution in [1.82, 2.24) is 30.7 Å². The van der Waals surface area contributed by atoms with Crippen molar-refractivity contribution in [2.45, 2.75) is 90.5 Å². The Morgan fingerprint density at radius 1 is 0.731 bits per heavy atom.